The Bertz CT molecular complexity index is 792. The second-order valence-electron chi connectivity index (χ2n) is 5.94. The number of carbonyl (C=O) groups excluding carboxylic acids is 2. The molecule has 0 saturated carbocycles. The topological polar surface area (TPSA) is 67.9 Å². The zero-order valence-electron chi connectivity index (χ0n) is 14.9. The van der Waals surface area contributed by atoms with Gasteiger partial charge in [-0.3, -0.25) is 9.59 Å². The highest BCUT2D eigenvalue weighted by Crippen LogP contribution is 2.38. The third-order valence-corrected chi connectivity index (χ3v) is 4.10. The van der Waals surface area contributed by atoms with Crippen molar-refractivity contribution in [2.45, 2.75) is 19.9 Å². The highest BCUT2D eigenvalue weighted by molar-refractivity contribution is 6.06. The first-order valence-electron chi connectivity index (χ1n) is 8.63. The van der Waals surface area contributed by atoms with Crippen LogP contribution in [-0.2, 0) is 9.59 Å². The van der Waals surface area contributed by atoms with E-state index in [0.717, 1.165) is 17.0 Å². The number of ether oxygens (including phenoxy) is 2. The molecule has 2 aromatic carbocycles. The summed E-state index contributed by atoms with van der Waals surface area (Å²) in [5.74, 6) is 1.01. The molecule has 1 unspecified atom stereocenters. The van der Waals surface area contributed by atoms with Crippen LogP contribution in [-0.4, -0.2) is 31.6 Å². The van der Waals surface area contributed by atoms with E-state index in [2.05, 4.69) is 5.32 Å². The number of para-hydroxylation sites is 1. The Kier molecular flexibility index (Phi) is 5.41. The van der Waals surface area contributed by atoms with Crippen molar-refractivity contribution in [3.05, 3.63) is 54.1 Å². The minimum Gasteiger partial charge on any atom is -0.494 e. The Labute approximate surface area is 152 Å². The first-order chi connectivity index (χ1) is 12.6. The highest BCUT2D eigenvalue weighted by Gasteiger charge is 2.38. The molecule has 2 aromatic rings. The predicted molar refractivity (Wildman–Crippen MR) is 98.5 cm³/mol. The molecule has 1 aliphatic heterocycles. The van der Waals surface area contributed by atoms with Gasteiger partial charge in [0, 0.05) is 18.2 Å². The highest BCUT2D eigenvalue weighted by atomic mass is 16.5. The number of nitrogens with zero attached hydrogens (tertiary/aromatic N) is 1. The third kappa shape index (κ3) is 3.79. The molecule has 1 aliphatic rings. The van der Waals surface area contributed by atoms with Crippen LogP contribution in [0.15, 0.2) is 48.5 Å². The zero-order valence-corrected chi connectivity index (χ0v) is 14.9. The van der Waals surface area contributed by atoms with Gasteiger partial charge in [0.15, 0.2) is 0 Å². The molecule has 1 heterocycles. The van der Waals surface area contributed by atoms with Gasteiger partial charge in [0.25, 0.3) is 5.91 Å². The smallest absolute Gasteiger partial charge is 0.254 e. The standard InChI is InChI=1S/C20H22N2O4/c1-3-25-16-9-10-18-17(13-16)19(21-14(2)23)20(24)22(18)11-12-26-15-7-5-4-6-8-15/h4-10,13,19H,3,11-12H2,1-2H3,(H,21,23). The number of amides is 2. The van der Waals surface area contributed by atoms with E-state index in [1.807, 2.05) is 55.5 Å². The quantitative estimate of drug-likeness (QED) is 0.830. The maximum atomic E-state index is 12.8. The molecule has 3 rings (SSSR count). The molecule has 0 bridgehead atoms. The van der Waals surface area contributed by atoms with Crippen LogP contribution in [0.3, 0.4) is 0 Å². The number of rotatable bonds is 7. The van der Waals surface area contributed by atoms with Gasteiger partial charge < -0.3 is 19.7 Å². The molecule has 0 aromatic heterocycles. The van der Waals surface area contributed by atoms with Crippen molar-refractivity contribution in [3.63, 3.8) is 0 Å². The summed E-state index contributed by atoms with van der Waals surface area (Å²) < 4.78 is 11.2. The van der Waals surface area contributed by atoms with E-state index in [1.54, 1.807) is 4.90 Å². The van der Waals surface area contributed by atoms with Crippen LogP contribution >= 0.6 is 0 Å². The van der Waals surface area contributed by atoms with Gasteiger partial charge in [-0.1, -0.05) is 18.2 Å². The van der Waals surface area contributed by atoms with Crippen molar-refractivity contribution in [1.82, 2.24) is 5.32 Å². The first kappa shape index (κ1) is 17.8. The molecule has 0 fully saturated rings. The van der Waals surface area contributed by atoms with Crippen molar-refractivity contribution < 1.29 is 19.1 Å². The lowest BCUT2D eigenvalue weighted by Crippen LogP contribution is -2.38. The lowest BCUT2D eigenvalue weighted by atomic mass is 10.1. The van der Waals surface area contributed by atoms with E-state index in [0.29, 0.717) is 25.5 Å². The van der Waals surface area contributed by atoms with Gasteiger partial charge in [-0.15, -0.1) is 0 Å². The number of carbonyl (C=O) groups is 2. The molecule has 136 valence electrons. The molecule has 6 nitrogen and oxygen atoms in total. The maximum Gasteiger partial charge on any atom is 0.254 e. The number of fused-ring (bicyclic) bond motifs is 1. The van der Waals surface area contributed by atoms with E-state index in [-0.39, 0.29) is 11.8 Å². The molecular formula is C20H22N2O4. The minimum absolute atomic E-state index is 0.166. The van der Waals surface area contributed by atoms with Gasteiger partial charge in [-0.05, 0) is 37.3 Å². The molecule has 0 aliphatic carbocycles. The van der Waals surface area contributed by atoms with Crippen molar-refractivity contribution >= 4 is 17.5 Å². The predicted octanol–water partition coefficient (Wildman–Crippen LogP) is 2.69. The van der Waals surface area contributed by atoms with Crippen LogP contribution in [0, 0.1) is 0 Å². The van der Waals surface area contributed by atoms with Crippen LogP contribution in [0.5, 0.6) is 11.5 Å². The van der Waals surface area contributed by atoms with E-state index in [1.165, 1.54) is 6.92 Å². The van der Waals surface area contributed by atoms with Crippen LogP contribution in [0.4, 0.5) is 5.69 Å². The molecule has 1 atom stereocenters. The van der Waals surface area contributed by atoms with Gasteiger partial charge in [0.05, 0.1) is 13.2 Å². The summed E-state index contributed by atoms with van der Waals surface area (Å²) in [5, 5.41) is 2.73. The molecule has 0 saturated heterocycles. The van der Waals surface area contributed by atoms with Crippen LogP contribution in [0.25, 0.3) is 0 Å². The molecule has 6 heteroatoms. The average Bonchev–Trinajstić information content (AvgIpc) is 2.88. The zero-order chi connectivity index (χ0) is 18.5. The second-order valence-corrected chi connectivity index (χ2v) is 5.94. The van der Waals surface area contributed by atoms with Crippen LogP contribution < -0.4 is 19.7 Å². The summed E-state index contributed by atoms with van der Waals surface area (Å²) in [7, 11) is 0. The van der Waals surface area contributed by atoms with Crippen LogP contribution in [0.2, 0.25) is 0 Å². The number of hydrogen-bond donors (Lipinski definition) is 1. The second kappa shape index (κ2) is 7.91. The van der Waals surface area contributed by atoms with Crippen molar-refractivity contribution in [3.8, 4) is 11.5 Å². The Morgan fingerprint density at radius 1 is 1.12 bits per heavy atom. The number of nitrogens with one attached hydrogen (secondary N) is 1. The van der Waals surface area contributed by atoms with E-state index < -0.39 is 6.04 Å². The van der Waals surface area contributed by atoms with Crippen molar-refractivity contribution in [2.24, 2.45) is 0 Å². The Morgan fingerprint density at radius 3 is 2.58 bits per heavy atom. The normalized spacial score (nSPS) is 15.5. The maximum absolute atomic E-state index is 12.8. The fraction of sp³-hybridized carbons (Fsp3) is 0.300. The Morgan fingerprint density at radius 2 is 1.88 bits per heavy atom. The lowest BCUT2D eigenvalue weighted by molar-refractivity contribution is -0.126. The number of benzene rings is 2. The lowest BCUT2D eigenvalue weighted by Gasteiger charge is -2.18. The molecule has 26 heavy (non-hydrogen) atoms. The van der Waals surface area contributed by atoms with Gasteiger partial charge in [0.2, 0.25) is 5.91 Å². The molecular weight excluding hydrogens is 332 g/mol. The van der Waals surface area contributed by atoms with Gasteiger partial charge in [-0.2, -0.15) is 0 Å². The van der Waals surface area contributed by atoms with E-state index in [9.17, 15) is 9.59 Å². The van der Waals surface area contributed by atoms with Crippen molar-refractivity contribution in [1.29, 1.82) is 0 Å². The SMILES string of the molecule is CCOc1ccc2c(c1)C(NC(C)=O)C(=O)N2CCOc1ccccc1. The summed E-state index contributed by atoms with van der Waals surface area (Å²) in [6.45, 7) is 4.59. The molecule has 1 N–H and O–H groups in total. The average molecular weight is 354 g/mol. The van der Waals surface area contributed by atoms with Crippen molar-refractivity contribution in [2.75, 3.05) is 24.7 Å². The van der Waals surface area contributed by atoms with E-state index >= 15 is 0 Å². The molecule has 0 spiro atoms. The number of anilines is 1. The largest absolute Gasteiger partial charge is 0.494 e. The Balaban J connectivity index is 1.78. The fourth-order valence-corrected chi connectivity index (χ4v) is 3.02. The van der Waals surface area contributed by atoms with E-state index in [4.69, 9.17) is 9.47 Å². The Hall–Kier alpha value is -3.02. The van der Waals surface area contributed by atoms with Gasteiger partial charge >= 0.3 is 0 Å². The molecule has 0 radical (unpaired) electrons. The monoisotopic (exact) mass is 354 g/mol. The van der Waals surface area contributed by atoms with Crippen LogP contribution in [0.1, 0.15) is 25.5 Å². The summed E-state index contributed by atoms with van der Waals surface area (Å²) in [4.78, 5) is 26.0. The fourth-order valence-electron chi connectivity index (χ4n) is 3.02. The minimum atomic E-state index is -0.695. The number of hydrogen-bond acceptors (Lipinski definition) is 4. The summed E-state index contributed by atoms with van der Waals surface area (Å²) in [6.07, 6.45) is 0. The van der Waals surface area contributed by atoms with Gasteiger partial charge in [0.1, 0.15) is 24.1 Å². The summed E-state index contributed by atoms with van der Waals surface area (Å²) in [6, 6.07) is 14.2. The van der Waals surface area contributed by atoms with Gasteiger partial charge in [-0.25, -0.2) is 0 Å². The first-order valence-corrected chi connectivity index (χ1v) is 8.63. The molecule has 2 amide bonds. The summed E-state index contributed by atoms with van der Waals surface area (Å²) in [5.41, 5.74) is 1.52. The third-order valence-electron chi connectivity index (χ3n) is 4.10. The summed E-state index contributed by atoms with van der Waals surface area (Å²) >= 11 is 0.